The lowest BCUT2D eigenvalue weighted by Crippen LogP contribution is -2.38. The number of carbonyl (C=O) groups is 2. The lowest BCUT2D eigenvalue weighted by atomic mass is 9.94. The van der Waals surface area contributed by atoms with Crippen LogP contribution in [-0.2, 0) is 9.59 Å². The molecule has 134 valence electrons. The van der Waals surface area contributed by atoms with Gasteiger partial charge in [-0.05, 0) is 32.2 Å². The van der Waals surface area contributed by atoms with E-state index in [0.29, 0.717) is 6.04 Å². The van der Waals surface area contributed by atoms with Crippen LogP contribution < -0.4 is 10.6 Å². The fourth-order valence-corrected chi connectivity index (χ4v) is 3.27. The molecule has 0 aromatic heterocycles. The van der Waals surface area contributed by atoms with E-state index >= 15 is 0 Å². The van der Waals surface area contributed by atoms with Crippen molar-refractivity contribution in [3.8, 4) is 0 Å². The molecule has 3 N–H and O–H groups in total. The molecule has 2 unspecified atom stereocenters. The van der Waals surface area contributed by atoms with Crippen LogP contribution in [0.5, 0.6) is 0 Å². The molecule has 0 saturated carbocycles. The van der Waals surface area contributed by atoms with Crippen LogP contribution in [0.2, 0.25) is 0 Å². The highest BCUT2D eigenvalue weighted by atomic mass is 16.4. The molecule has 1 aliphatic rings. The Hall–Kier alpha value is -1.10. The van der Waals surface area contributed by atoms with Gasteiger partial charge in [-0.25, -0.2) is 0 Å². The molecule has 1 fully saturated rings. The first-order valence-corrected chi connectivity index (χ1v) is 9.38. The van der Waals surface area contributed by atoms with Gasteiger partial charge in [-0.3, -0.25) is 9.59 Å². The van der Waals surface area contributed by atoms with Crippen LogP contribution in [0.3, 0.4) is 0 Å². The Morgan fingerprint density at radius 2 is 1.83 bits per heavy atom. The van der Waals surface area contributed by atoms with Gasteiger partial charge in [-0.1, -0.05) is 45.4 Å². The van der Waals surface area contributed by atoms with Gasteiger partial charge in [0.15, 0.2) is 0 Å². The normalized spacial score (nSPS) is 20.6. The standard InChI is InChI=1S/C18H34N2O3/c1-2-3-4-9-13-20-18(23)15-12-14-19-16(15)10-7-5-6-8-11-17(21)22/h15-16,19H,2-14H2,1H3,(H,20,23)(H,21,22). The summed E-state index contributed by atoms with van der Waals surface area (Å²) in [6.45, 7) is 3.92. The summed E-state index contributed by atoms with van der Waals surface area (Å²) in [5.74, 6) is -0.388. The van der Waals surface area contributed by atoms with E-state index in [4.69, 9.17) is 5.11 Å². The summed E-state index contributed by atoms with van der Waals surface area (Å²) in [4.78, 5) is 22.7. The Morgan fingerprint density at radius 1 is 1.09 bits per heavy atom. The lowest BCUT2D eigenvalue weighted by molar-refractivity contribution is -0.137. The number of carbonyl (C=O) groups excluding carboxylic acids is 1. The highest BCUT2D eigenvalue weighted by Crippen LogP contribution is 2.21. The minimum absolute atomic E-state index is 0.111. The Labute approximate surface area is 140 Å². The molecular weight excluding hydrogens is 292 g/mol. The van der Waals surface area contributed by atoms with Gasteiger partial charge in [0.25, 0.3) is 0 Å². The van der Waals surface area contributed by atoms with Gasteiger partial charge >= 0.3 is 5.97 Å². The van der Waals surface area contributed by atoms with Gasteiger partial charge in [0.2, 0.25) is 5.91 Å². The maximum absolute atomic E-state index is 12.3. The third kappa shape index (κ3) is 8.94. The molecule has 5 nitrogen and oxygen atoms in total. The summed E-state index contributed by atoms with van der Waals surface area (Å²) >= 11 is 0. The van der Waals surface area contributed by atoms with Crippen molar-refractivity contribution in [1.82, 2.24) is 10.6 Å². The summed E-state index contributed by atoms with van der Waals surface area (Å²) < 4.78 is 0. The van der Waals surface area contributed by atoms with Crippen molar-refractivity contribution in [3.05, 3.63) is 0 Å². The van der Waals surface area contributed by atoms with Crippen molar-refractivity contribution in [3.63, 3.8) is 0 Å². The van der Waals surface area contributed by atoms with Crippen LogP contribution in [0, 0.1) is 5.92 Å². The average molecular weight is 326 g/mol. The topological polar surface area (TPSA) is 78.4 Å². The summed E-state index contributed by atoms with van der Waals surface area (Å²) in [5.41, 5.74) is 0. The molecule has 1 amide bonds. The SMILES string of the molecule is CCCCCCNC(=O)C1CCNC1CCCCCCC(=O)O. The Bertz CT molecular complexity index is 347. The second kappa shape index (κ2) is 12.3. The van der Waals surface area contributed by atoms with Crippen LogP contribution in [0.25, 0.3) is 0 Å². The first-order chi connectivity index (χ1) is 11.1. The van der Waals surface area contributed by atoms with Gasteiger partial charge in [0, 0.05) is 19.0 Å². The number of nitrogens with one attached hydrogen (secondary N) is 2. The zero-order chi connectivity index (χ0) is 16.9. The van der Waals surface area contributed by atoms with Crippen molar-refractivity contribution >= 4 is 11.9 Å². The third-order valence-corrected chi connectivity index (χ3v) is 4.67. The molecule has 23 heavy (non-hydrogen) atoms. The number of carboxylic acid groups (broad SMARTS) is 1. The van der Waals surface area contributed by atoms with Crippen molar-refractivity contribution in [1.29, 1.82) is 0 Å². The van der Waals surface area contributed by atoms with E-state index in [1.807, 2.05) is 0 Å². The van der Waals surface area contributed by atoms with Crippen molar-refractivity contribution in [2.45, 2.75) is 83.6 Å². The zero-order valence-corrected chi connectivity index (χ0v) is 14.6. The smallest absolute Gasteiger partial charge is 0.303 e. The molecule has 5 heteroatoms. The molecule has 2 atom stereocenters. The predicted octanol–water partition coefficient (Wildman–Crippen LogP) is 3.09. The molecule has 1 aliphatic heterocycles. The van der Waals surface area contributed by atoms with E-state index in [9.17, 15) is 9.59 Å². The van der Waals surface area contributed by atoms with E-state index in [2.05, 4.69) is 17.6 Å². The maximum atomic E-state index is 12.3. The van der Waals surface area contributed by atoms with Gasteiger partial charge < -0.3 is 15.7 Å². The van der Waals surface area contributed by atoms with E-state index < -0.39 is 5.97 Å². The fourth-order valence-electron chi connectivity index (χ4n) is 3.27. The Morgan fingerprint density at radius 3 is 2.57 bits per heavy atom. The number of aliphatic carboxylic acids is 1. The fraction of sp³-hybridized carbons (Fsp3) is 0.889. The Kier molecular flexibility index (Phi) is 10.7. The van der Waals surface area contributed by atoms with E-state index in [0.717, 1.165) is 58.0 Å². The van der Waals surface area contributed by atoms with Crippen LogP contribution in [0.4, 0.5) is 0 Å². The third-order valence-electron chi connectivity index (χ3n) is 4.67. The van der Waals surface area contributed by atoms with Gasteiger partial charge in [0.1, 0.15) is 0 Å². The molecule has 1 saturated heterocycles. The molecule has 1 rings (SSSR count). The highest BCUT2D eigenvalue weighted by Gasteiger charge is 2.31. The quantitative estimate of drug-likeness (QED) is 0.454. The predicted molar refractivity (Wildman–Crippen MR) is 92.4 cm³/mol. The second-order valence-electron chi connectivity index (χ2n) is 6.65. The van der Waals surface area contributed by atoms with Crippen molar-refractivity contribution in [2.75, 3.05) is 13.1 Å². The van der Waals surface area contributed by atoms with Gasteiger partial charge in [0.05, 0.1) is 5.92 Å². The number of carboxylic acids is 1. The molecule has 0 aromatic carbocycles. The Balaban J connectivity index is 2.12. The second-order valence-corrected chi connectivity index (χ2v) is 6.65. The summed E-state index contributed by atoms with van der Waals surface area (Å²) in [6.07, 6.45) is 10.8. The van der Waals surface area contributed by atoms with E-state index in [1.54, 1.807) is 0 Å². The lowest BCUT2D eigenvalue weighted by Gasteiger charge is -2.19. The number of rotatable bonds is 13. The number of unbranched alkanes of at least 4 members (excludes halogenated alkanes) is 6. The summed E-state index contributed by atoms with van der Waals surface area (Å²) in [6, 6.07) is 0.296. The number of hydrogen-bond donors (Lipinski definition) is 3. The van der Waals surface area contributed by atoms with E-state index in [-0.39, 0.29) is 18.2 Å². The molecule has 1 heterocycles. The van der Waals surface area contributed by atoms with E-state index in [1.165, 1.54) is 19.3 Å². The highest BCUT2D eigenvalue weighted by molar-refractivity contribution is 5.79. The van der Waals surface area contributed by atoms with Gasteiger partial charge in [-0.2, -0.15) is 0 Å². The molecule has 0 spiro atoms. The number of hydrogen-bond acceptors (Lipinski definition) is 3. The van der Waals surface area contributed by atoms with Crippen LogP contribution in [0.15, 0.2) is 0 Å². The van der Waals surface area contributed by atoms with Crippen LogP contribution >= 0.6 is 0 Å². The molecule has 0 bridgehead atoms. The number of amides is 1. The minimum atomic E-state index is -0.710. The first-order valence-electron chi connectivity index (χ1n) is 9.38. The van der Waals surface area contributed by atoms with Crippen LogP contribution in [-0.4, -0.2) is 36.1 Å². The largest absolute Gasteiger partial charge is 0.481 e. The molecule has 0 aromatic rings. The zero-order valence-electron chi connectivity index (χ0n) is 14.6. The minimum Gasteiger partial charge on any atom is -0.481 e. The molecular formula is C18H34N2O3. The van der Waals surface area contributed by atoms with Crippen LogP contribution in [0.1, 0.15) is 77.6 Å². The first kappa shape index (κ1) is 19.9. The van der Waals surface area contributed by atoms with Crippen molar-refractivity contribution in [2.24, 2.45) is 5.92 Å². The summed E-state index contributed by atoms with van der Waals surface area (Å²) in [7, 11) is 0. The van der Waals surface area contributed by atoms with Gasteiger partial charge in [-0.15, -0.1) is 0 Å². The monoisotopic (exact) mass is 326 g/mol. The molecule has 0 aliphatic carbocycles. The average Bonchev–Trinajstić information content (AvgIpc) is 2.98. The molecule has 0 radical (unpaired) electrons. The maximum Gasteiger partial charge on any atom is 0.303 e. The van der Waals surface area contributed by atoms with Crippen molar-refractivity contribution < 1.29 is 14.7 Å². The summed E-state index contributed by atoms with van der Waals surface area (Å²) in [5, 5.41) is 15.1.